The number of nitrogens with zero attached hydrogens (tertiary/aromatic N) is 2. The molecule has 2 heterocycles. The van der Waals surface area contributed by atoms with Gasteiger partial charge >= 0.3 is 0 Å². The number of hydrogen-bond donors (Lipinski definition) is 2. The van der Waals surface area contributed by atoms with E-state index in [1.165, 1.54) is 12.0 Å². The second kappa shape index (κ2) is 8.97. The first kappa shape index (κ1) is 17.9. The zero-order valence-corrected chi connectivity index (χ0v) is 14.8. The first-order valence-electron chi connectivity index (χ1n) is 8.85. The number of nitrogens with one attached hydrogen (secondary N) is 2. The van der Waals surface area contributed by atoms with E-state index in [1.54, 1.807) is 6.07 Å². The number of anilines is 1. The van der Waals surface area contributed by atoms with E-state index in [0.29, 0.717) is 11.4 Å². The fourth-order valence-corrected chi connectivity index (χ4v) is 3.14. The fraction of sp³-hybridized carbons (Fsp3) is 0.238. The van der Waals surface area contributed by atoms with Gasteiger partial charge in [-0.2, -0.15) is 0 Å². The summed E-state index contributed by atoms with van der Waals surface area (Å²) in [5, 5.41) is 4.06. The maximum absolute atomic E-state index is 11.1. The molecule has 2 N–H and O–H groups in total. The first-order chi connectivity index (χ1) is 12.8. The predicted molar refractivity (Wildman–Crippen MR) is 108 cm³/mol. The molecule has 4 rings (SSSR count). The molecule has 0 spiro atoms. The van der Waals surface area contributed by atoms with E-state index >= 15 is 0 Å². The molecule has 1 aromatic heterocycles. The highest BCUT2D eigenvalue weighted by Gasteiger charge is 2.20. The fourth-order valence-electron chi connectivity index (χ4n) is 3.14. The molecule has 134 valence electrons. The van der Waals surface area contributed by atoms with E-state index < -0.39 is 0 Å². The third-order valence-electron chi connectivity index (χ3n) is 4.42. The van der Waals surface area contributed by atoms with Gasteiger partial charge in [-0.05, 0) is 30.7 Å². The minimum atomic E-state index is -0.0874. The Morgan fingerprint density at radius 3 is 2.69 bits per heavy atom. The average molecular weight is 348 g/mol. The van der Waals surface area contributed by atoms with Crippen LogP contribution in [0.4, 0.5) is 5.69 Å². The molecule has 0 amide bonds. The number of H-pyrrole nitrogens is 1. The molecule has 3 aromatic rings. The molecule has 1 atom stereocenters. The number of fused-ring (bicyclic) bond motifs is 1. The van der Waals surface area contributed by atoms with Gasteiger partial charge in [-0.25, -0.2) is 4.98 Å². The number of rotatable bonds is 3. The predicted octanol–water partition coefficient (Wildman–Crippen LogP) is 2.96. The van der Waals surface area contributed by atoms with Crippen LogP contribution in [0.5, 0.6) is 0 Å². The molecule has 1 aliphatic rings. The quantitative estimate of drug-likeness (QED) is 0.715. The molecule has 1 fully saturated rings. The van der Waals surface area contributed by atoms with Crippen LogP contribution in [-0.2, 0) is 0 Å². The van der Waals surface area contributed by atoms with Gasteiger partial charge in [0.05, 0.1) is 17.2 Å². The van der Waals surface area contributed by atoms with Crippen molar-refractivity contribution in [3.8, 4) is 0 Å². The van der Waals surface area contributed by atoms with Crippen LogP contribution >= 0.6 is 0 Å². The zero-order valence-electron chi connectivity index (χ0n) is 14.8. The molecule has 0 radical (unpaired) electrons. The van der Waals surface area contributed by atoms with Crippen LogP contribution < -0.4 is 15.8 Å². The lowest BCUT2D eigenvalue weighted by atomic mass is 10.1. The molecule has 0 aliphatic carbocycles. The smallest absolute Gasteiger partial charge is 0.258 e. The van der Waals surface area contributed by atoms with Crippen LogP contribution in [0.3, 0.4) is 0 Å². The Hall–Kier alpha value is -2.92. The van der Waals surface area contributed by atoms with Crippen LogP contribution in [0.15, 0.2) is 78.4 Å². The summed E-state index contributed by atoms with van der Waals surface area (Å²) < 4.78 is 0. The van der Waals surface area contributed by atoms with Gasteiger partial charge in [0, 0.05) is 31.4 Å². The molecule has 1 unspecified atom stereocenters. The van der Waals surface area contributed by atoms with Gasteiger partial charge in [0.15, 0.2) is 0 Å². The SMILES string of the molecule is C=CCC1CNCCN1c1ccccc1.O=c1[nH]cnc2ccccc12. The highest BCUT2D eigenvalue weighted by molar-refractivity contribution is 5.76. The molecule has 1 saturated heterocycles. The Balaban J connectivity index is 0.000000158. The highest BCUT2D eigenvalue weighted by Crippen LogP contribution is 2.19. The minimum absolute atomic E-state index is 0.0874. The monoisotopic (exact) mass is 348 g/mol. The summed E-state index contributed by atoms with van der Waals surface area (Å²) >= 11 is 0. The van der Waals surface area contributed by atoms with Crippen molar-refractivity contribution in [2.24, 2.45) is 0 Å². The van der Waals surface area contributed by atoms with E-state index in [4.69, 9.17) is 0 Å². The molecule has 0 bridgehead atoms. The van der Waals surface area contributed by atoms with Crippen molar-refractivity contribution in [1.82, 2.24) is 15.3 Å². The zero-order chi connectivity index (χ0) is 18.2. The van der Waals surface area contributed by atoms with Crippen molar-refractivity contribution >= 4 is 16.6 Å². The molecular formula is C21H24N4O. The van der Waals surface area contributed by atoms with E-state index in [0.717, 1.165) is 31.6 Å². The Kier molecular flexibility index (Phi) is 6.17. The molecule has 5 heteroatoms. The molecule has 2 aromatic carbocycles. The Labute approximate surface area is 153 Å². The van der Waals surface area contributed by atoms with E-state index in [-0.39, 0.29) is 5.56 Å². The van der Waals surface area contributed by atoms with Gasteiger partial charge < -0.3 is 15.2 Å². The van der Waals surface area contributed by atoms with E-state index in [2.05, 4.69) is 57.1 Å². The third-order valence-corrected chi connectivity index (χ3v) is 4.42. The van der Waals surface area contributed by atoms with Gasteiger partial charge in [-0.1, -0.05) is 36.4 Å². The van der Waals surface area contributed by atoms with Crippen molar-refractivity contribution < 1.29 is 0 Å². The summed E-state index contributed by atoms with van der Waals surface area (Å²) in [7, 11) is 0. The largest absolute Gasteiger partial charge is 0.366 e. The van der Waals surface area contributed by atoms with Crippen LogP contribution in [0.1, 0.15) is 6.42 Å². The lowest BCUT2D eigenvalue weighted by molar-refractivity contribution is 0.479. The van der Waals surface area contributed by atoms with Gasteiger partial charge in [0.25, 0.3) is 5.56 Å². The van der Waals surface area contributed by atoms with Crippen molar-refractivity contribution in [3.05, 3.63) is 83.9 Å². The van der Waals surface area contributed by atoms with Crippen molar-refractivity contribution in [2.45, 2.75) is 12.5 Å². The summed E-state index contributed by atoms with van der Waals surface area (Å²) in [6.07, 6.45) is 4.46. The molecular weight excluding hydrogens is 324 g/mol. The molecule has 26 heavy (non-hydrogen) atoms. The maximum Gasteiger partial charge on any atom is 0.258 e. The second-order valence-corrected chi connectivity index (χ2v) is 6.16. The maximum atomic E-state index is 11.1. The highest BCUT2D eigenvalue weighted by atomic mass is 16.1. The minimum Gasteiger partial charge on any atom is -0.366 e. The molecule has 1 aliphatic heterocycles. The Bertz CT molecular complexity index is 886. The van der Waals surface area contributed by atoms with Crippen molar-refractivity contribution in [1.29, 1.82) is 0 Å². The number of aromatic nitrogens is 2. The van der Waals surface area contributed by atoms with Crippen LogP contribution in [0.25, 0.3) is 10.9 Å². The van der Waals surface area contributed by atoms with Crippen LogP contribution in [0.2, 0.25) is 0 Å². The van der Waals surface area contributed by atoms with Crippen molar-refractivity contribution in [3.63, 3.8) is 0 Å². The van der Waals surface area contributed by atoms with Gasteiger partial charge in [-0.3, -0.25) is 4.79 Å². The summed E-state index contributed by atoms with van der Waals surface area (Å²) in [4.78, 5) is 20.0. The van der Waals surface area contributed by atoms with Gasteiger partial charge in [0.1, 0.15) is 0 Å². The van der Waals surface area contributed by atoms with Gasteiger partial charge in [-0.15, -0.1) is 6.58 Å². The topological polar surface area (TPSA) is 61.0 Å². The lowest BCUT2D eigenvalue weighted by Gasteiger charge is -2.37. The summed E-state index contributed by atoms with van der Waals surface area (Å²) in [6, 6.07) is 18.4. The Morgan fingerprint density at radius 2 is 1.92 bits per heavy atom. The summed E-state index contributed by atoms with van der Waals surface area (Å²) in [5.41, 5.74) is 1.97. The second-order valence-electron chi connectivity index (χ2n) is 6.16. The van der Waals surface area contributed by atoms with Crippen LogP contribution in [0, 0.1) is 0 Å². The number of aromatic amines is 1. The normalized spacial score (nSPS) is 16.6. The molecule has 0 saturated carbocycles. The van der Waals surface area contributed by atoms with Crippen LogP contribution in [-0.4, -0.2) is 35.6 Å². The van der Waals surface area contributed by atoms with E-state index in [1.807, 2.05) is 24.3 Å². The number of piperazine rings is 1. The summed E-state index contributed by atoms with van der Waals surface area (Å²) in [6.45, 7) is 7.04. The number of hydrogen-bond acceptors (Lipinski definition) is 4. The van der Waals surface area contributed by atoms with E-state index in [9.17, 15) is 4.79 Å². The van der Waals surface area contributed by atoms with Crippen molar-refractivity contribution in [2.75, 3.05) is 24.5 Å². The molecule has 5 nitrogen and oxygen atoms in total. The first-order valence-corrected chi connectivity index (χ1v) is 8.85. The third kappa shape index (κ3) is 4.37. The lowest BCUT2D eigenvalue weighted by Crippen LogP contribution is -2.51. The number of para-hydroxylation sites is 2. The summed E-state index contributed by atoms with van der Waals surface area (Å²) in [5.74, 6) is 0. The Morgan fingerprint density at radius 1 is 1.15 bits per heavy atom. The average Bonchev–Trinajstić information content (AvgIpc) is 2.70. The standard InChI is InChI=1S/C13H18N2.C8H6N2O/c1-2-6-13-11-14-9-10-15(13)12-7-4-3-5-8-12;11-8-6-3-1-2-4-7(6)9-5-10-8/h2-5,7-8,13-14H,1,6,9-11H2;1-5H,(H,9,10,11). The number of benzene rings is 2. The van der Waals surface area contributed by atoms with Gasteiger partial charge in [0.2, 0.25) is 0 Å².